The Balaban J connectivity index is 1.59. The third-order valence-electron chi connectivity index (χ3n) is 3.92. The summed E-state index contributed by atoms with van der Waals surface area (Å²) in [7, 11) is 0. The van der Waals surface area contributed by atoms with Gasteiger partial charge in [0.15, 0.2) is 0 Å². The van der Waals surface area contributed by atoms with Crippen molar-refractivity contribution in [1.29, 1.82) is 0 Å². The second kappa shape index (κ2) is 5.65. The van der Waals surface area contributed by atoms with Crippen molar-refractivity contribution in [3.8, 4) is 0 Å². The molecule has 0 radical (unpaired) electrons. The number of hydrogen-bond acceptors (Lipinski definition) is 4. The van der Waals surface area contributed by atoms with Crippen molar-refractivity contribution < 1.29 is 9.59 Å². The quantitative estimate of drug-likeness (QED) is 0.751. The lowest BCUT2D eigenvalue weighted by atomic mass is 10.1. The molecule has 1 aliphatic rings. The molecule has 0 fully saturated rings. The van der Waals surface area contributed by atoms with Crippen molar-refractivity contribution in [2.45, 2.75) is 12.5 Å². The summed E-state index contributed by atoms with van der Waals surface area (Å²) in [5.74, 6) is -0.0543. The molecule has 1 atom stereocenters. The number of nitrogens with one attached hydrogen (secondary N) is 2. The van der Waals surface area contributed by atoms with Gasteiger partial charge in [0.1, 0.15) is 6.04 Å². The van der Waals surface area contributed by atoms with Crippen molar-refractivity contribution in [2.75, 3.05) is 10.6 Å². The number of carbonyl (C=O) groups excluding carboxylic acids is 2. The average molecular weight is 341 g/mol. The zero-order valence-electron chi connectivity index (χ0n) is 12.5. The Morgan fingerprint density at radius 3 is 2.75 bits per heavy atom. The Bertz CT molecular complexity index is 949. The highest BCUT2D eigenvalue weighted by Crippen LogP contribution is 2.25. The van der Waals surface area contributed by atoms with E-state index in [1.165, 1.54) is 4.57 Å². The Morgan fingerprint density at radius 1 is 1.21 bits per heavy atom. The molecule has 2 aromatic carbocycles. The van der Waals surface area contributed by atoms with Crippen LogP contribution in [0, 0.1) is 0 Å². The maximum atomic E-state index is 12.5. The van der Waals surface area contributed by atoms with Crippen LogP contribution in [0.25, 0.3) is 11.0 Å². The molecular weight excluding hydrogens is 328 g/mol. The van der Waals surface area contributed by atoms with E-state index in [0.29, 0.717) is 22.2 Å². The normalized spacial score (nSPS) is 16.5. The summed E-state index contributed by atoms with van der Waals surface area (Å²) >= 11 is 5.83. The lowest BCUT2D eigenvalue weighted by Gasteiger charge is -2.23. The molecule has 0 saturated carbocycles. The number of halogens is 1. The van der Waals surface area contributed by atoms with Crippen LogP contribution in [0.1, 0.15) is 11.2 Å². The Kier molecular flexibility index (Phi) is 3.46. The second-order valence-electron chi connectivity index (χ2n) is 5.55. The van der Waals surface area contributed by atoms with E-state index in [-0.39, 0.29) is 18.2 Å². The lowest BCUT2D eigenvalue weighted by Crippen LogP contribution is -2.42. The number of imidazole rings is 1. The van der Waals surface area contributed by atoms with Crippen LogP contribution in [0.2, 0.25) is 5.02 Å². The molecule has 1 amide bonds. The van der Waals surface area contributed by atoms with Gasteiger partial charge in [-0.05, 0) is 36.4 Å². The molecule has 3 aromatic rings. The average Bonchev–Trinajstić information content (AvgIpc) is 2.95. The van der Waals surface area contributed by atoms with Gasteiger partial charge in [-0.3, -0.25) is 9.59 Å². The van der Waals surface area contributed by atoms with Crippen LogP contribution in [-0.2, 0) is 4.79 Å². The third kappa shape index (κ3) is 2.51. The number of rotatable bonds is 2. The van der Waals surface area contributed by atoms with Crippen LogP contribution in [0.15, 0.2) is 48.5 Å². The van der Waals surface area contributed by atoms with Gasteiger partial charge < -0.3 is 10.6 Å². The summed E-state index contributed by atoms with van der Waals surface area (Å²) in [6.45, 7) is 0. The highest BCUT2D eigenvalue weighted by molar-refractivity contribution is 6.30. The number of carbonyl (C=O) groups is 2. The summed E-state index contributed by atoms with van der Waals surface area (Å²) < 4.78 is 1.52. The smallest absolute Gasteiger partial charge is 0.247 e. The number of fused-ring (bicyclic) bond motifs is 3. The Labute approximate surface area is 142 Å². The molecular formula is C17H13ClN4O2. The van der Waals surface area contributed by atoms with Crippen LogP contribution in [-0.4, -0.2) is 27.4 Å². The number of para-hydroxylation sites is 2. The molecule has 0 unspecified atom stereocenters. The van der Waals surface area contributed by atoms with E-state index >= 15 is 0 Å². The van der Waals surface area contributed by atoms with Crippen LogP contribution < -0.4 is 10.6 Å². The summed E-state index contributed by atoms with van der Waals surface area (Å²) in [4.78, 5) is 29.3. The van der Waals surface area contributed by atoms with Crippen molar-refractivity contribution in [3.05, 3.63) is 53.6 Å². The topological polar surface area (TPSA) is 76.0 Å². The molecule has 1 aliphatic heterocycles. The molecule has 1 aromatic heterocycles. The third-order valence-corrected chi connectivity index (χ3v) is 4.17. The first-order chi connectivity index (χ1) is 11.6. The summed E-state index contributed by atoms with van der Waals surface area (Å²) in [5, 5.41) is 6.41. The predicted molar refractivity (Wildman–Crippen MR) is 92.5 cm³/mol. The van der Waals surface area contributed by atoms with E-state index in [2.05, 4.69) is 15.6 Å². The Hall–Kier alpha value is -2.86. The number of hydrogen-bond donors (Lipinski definition) is 2. The van der Waals surface area contributed by atoms with Crippen molar-refractivity contribution in [2.24, 2.45) is 0 Å². The van der Waals surface area contributed by atoms with Gasteiger partial charge in [-0.2, -0.15) is 0 Å². The number of benzene rings is 2. The van der Waals surface area contributed by atoms with Crippen LogP contribution in [0.4, 0.5) is 11.6 Å². The molecule has 24 heavy (non-hydrogen) atoms. The van der Waals surface area contributed by atoms with E-state index in [4.69, 9.17) is 11.6 Å². The van der Waals surface area contributed by atoms with Crippen LogP contribution in [0.3, 0.4) is 0 Å². The van der Waals surface area contributed by atoms with Crippen molar-refractivity contribution >= 4 is 46.1 Å². The number of aromatic nitrogens is 2. The predicted octanol–water partition coefficient (Wildman–Crippen LogP) is 3.15. The van der Waals surface area contributed by atoms with E-state index < -0.39 is 6.04 Å². The standard InChI is InChI=1S/C17H13ClN4O2/c18-10-5-7-11(8-6-10)19-16(24)13-9-15(23)22-14-4-2-1-3-12(14)20-17(22)21-13/h1-8,13H,9H2,(H,19,24)(H,20,21)/t13-/m1/s1. The first-order valence-electron chi connectivity index (χ1n) is 7.45. The maximum Gasteiger partial charge on any atom is 0.247 e. The molecule has 0 bridgehead atoms. The molecule has 0 spiro atoms. The highest BCUT2D eigenvalue weighted by atomic mass is 35.5. The van der Waals surface area contributed by atoms with E-state index in [1.54, 1.807) is 24.3 Å². The van der Waals surface area contributed by atoms with Gasteiger partial charge in [-0.15, -0.1) is 0 Å². The van der Waals surface area contributed by atoms with Gasteiger partial charge in [-0.25, -0.2) is 9.55 Å². The molecule has 4 rings (SSSR count). The molecule has 120 valence electrons. The molecule has 6 nitrogen and oxygen atoms in total. The maximum absolute atomic E-state index is 12.5. The lowest BCUT2D eigenvalue weighted by molar-refractivity contribution is -0.117. The first kappa shape index (κ1) is 14.7. The second-order valence-corrected chi connectivity index (χ2v) is 5.99. The van der Waals surface area contributed by atoms with Gasteiger partial charge in [0.25, 0.3) is 0 Å². The number of nitrogens with zero attached hydrogens (tertiary/aromatic N) is 2. The Morgan fingerprint density at radius 2 is 1.96 bits per heavy atom. The fraction of sp³-hybridized carbons (Fsp3) is 0.118. The van der Waals surface area contributed by atoms with Gasteiger partial charge >= 0.3 is 0 Å². The van der Waals surface area contributed by atoms with Gasteiger partial charge in [0.2, 0.25) is 17.8 Å². The van der Waals surface area contributed by atoms with E-state index in [0.717, 1.165) is 5.52 Å². The summed E-state index contributed by atoms with van der Waals surface area (Å²) in [6, 6.07) is 13.5. The first-order valence-corrected chi connectivity index (χ1v) is 7.83. The highest BCUT2D eigenvalue weighted by Gasteiger charge is 2.31. The minimum Gasteiger partial charge on any atom is -0.343 e. The van der Waals surface area contributed by atoms with Gasteiger partial charge in [-0.1, -0.05) is 23.7 Å². The van der Waals surface area contributed by atoms with E-state index in [1.807, 2.05) is 24.3 Å². The fourth-order valence-corrected chi connectivity index (χ4v) is 2.89. The van der Waals surface area contributed by atoms with Gasteiger partial charge in [0.05, 0.1) is 17.5 Å². The molecule has 0 aliphatic carbocycles. The van der Waals surface area contributed by atoms with Crippen LogP contribution >= 0.6 is 11.6 Å². The molecule has 2 N–H and O–H groups in total. The number of anilines is 2. The summed E-state index contributed by atoms with van der Waals surface area (Å²) in [5.41, 5.74) is 2.08. The molecule has 7 heteroatoms. The zero-order valence-corrected chi connectivity index (χ0v) is 13.2. The minimum atomic E-state index is -0.669. The van der Waals surface area contributed by atoms with Crippen molar-refractivity contribution in [3.63, 3.8) is 0 Å². The van der Waals surface area contributed by atoms with Gasteiger partial charge in [0, 0.05) is 10.7 Å². The fourth-order valence-electron chi connectivity index (χ4n) is 2.77. The summed E-state index contributed by atoms with van der Waals surface area (Å²) in [6.07, 6.45) is 0.0623. The number of amides is 1. The molecule has 2 heterocycles. The van der Waals surface area contributed by atoms with Crippen LogP contribution in [0.5, 0.6) is 0 Å². The molecule has 0 saturated heterocycles. The largest absolute Gasteiger partial charge is 0.343 e. The minimum absolute atomic E-state index is 0.0623. The van der Waals surface area contributed by atoms with Crippen molar-refractivity contribution in [1.82, 2.24) is 9.55 Å². The van der Waals surface area contributed by atoms with E-state index in [9.17, 15) is 9.59 Å². The SMILES string of the molecule is O=C(Nc1ccc(Cl)cc1)[C@H]1CC(=O)n2c(nc3ccccc32)N1. The monoisotopic (exact) mass is 340 g/mol. The zero-order chi connectivity index (χ0) is 16.7.